The fourth-order valence-electron chi connectivity index (χ4n) is 3.21. The highest BCUT2D eigenvalue weighted by Gasteiger charge is 2.34. The van der Waals surface area contributed by atoms with Crippen LogP contribution in [0.1, 0.15) is 44.9 Å². The third-order valence-corrected chi connectivity index (χ3v) is 4.03. The van der Waals surface area contributed by atoms with E-state index in [0.717, 1.165) is 19.5 Å². The van der Waals surface area contributed by atoms with E-state index in [9.17, 15) is 0 Å². The second-order valence-corrected chi connectivity index (χ2v) is 6.46. The molecule has 0 aliphatic carbocycles. The molecule has 1 aliphatic heterocycles. The summed E-state index contributed by atoms with van der Waals surface area (Å²) in [6.45, 7) is 11.2. The smallest absolute Gasteiger partial charge is 0.0757 e. The summed E-state index contributed by atoms with van der Waals surface area (Å²) in [4.78, 5) is 2.47. The van der Waals surface area contributed by atoms with Crippen LogP contribution in [0.15, 0.2) is 24.3 Å². The zero-order chi connectivity index (χ0) is 14.8. The van der Waals surface area contributed by atoms with Gasteiger partial charge in [-0.1, -0.05) is 31.2 Å². The zero-order valence-electron chi connectivity index (χ0n) is 13.2. The molecular weight excluding hydrogens is 248 g/mol. The lowest BCUT2D eigenvalue weighted by molar-refractivity contribution is -0.137. The number of nitrogens with two attached hydrogens (primary N) is 1. The second kappa shape index (κ2) is 6.25. The first-order valence-electron chi connectivity index (χ1n) is 7.66. The van der Waals surface area contributed by atoms with Crippen molar-refractivity contribution in [2.75, 3.05) is 19.6 Å². The Labute approximate surface area is 123 Å². The number of ether oxygens (including phenoxy) is 1. The zero-order valence-corrected chi connectivity index (χ0v) is 13.2. The van der Waals surface area contributed by atoms with Crippen molar-refractivity contribution in [1.82, 2.24) is 4.90 Å². The Kier molecular flexibility index (Phi) is 4.84. The molecule has 1 aliphatic rings. The van der Waals surface area contributed by atoms with Gasteiger partial charge in [-0.25, -0.2) is 0 Å². The van der Waals surface area contributed by atoms with Crippen molar-refractivity contribution in [3.63, 3.8) is 0 Å². The predicted octanol–water partition coefficient (Wildman–Crippen LogP) is 2.75. The summed E-state index contributed by atoms with van der Waals surface area (Å²) in [5.74, 6) is 0. The van der Waals surface area contributed by atoms with Crippen LogP contribution in [0.3, 0.4) is 0 Å². The molecule has 0 saturated carbocycles. The van der Waals surface area contributed by atoms with Crippen LogP contribution in [-0.2, 0) is 11.2 Å². The minimum Gasteiger partial charge on any atom is -0.370 e. The quantitative estimate of drug-likeness (QED) is 0.919. The van der Waals surface area contributed by atoms with E-state index in [2.05, 4.69) is 56.9 Å². The van der Waals surface area contributed by atoms with Gasteiger partial charge in [-0.2, -0.15) is 0 Å². The summed E-state index contributed by atoms with van der Waals surface area (Å²) in [5, 5.41) is 0. The third kappa shape index (κ3) is 3.60. The molecule has 20 heavy (non-hydrogen) atoms. The third-order valence-electron chi connectivity index (χ3n) is 4.03. The van der Waals surface area contributed by atoms with Crippen molar-refractivity contribution in [2.45, 2.75) is 51.9 Å². The molecule has 3 heteroatoms. The van der Waals surface area contributed by atoms with Crippen molar-refractivity contribution >= 4 is 0 Å². The van der Waals surface area contributed by atoms with Crippen LogP contribution in [0.25, 0.3) is 0 Å². The van der Waals surface area contributed by atoms with Gasteiger partial charge in [-0.15, -0.1) is 0 Å². The highest BCUT2D eigenvalue weighted by atomic mass is 16.5. The van der Waals surface area contributed by atoms with Gasteiger partial charge in [0, 0.05) is 25.7 Å². The Morgan fingerprint density at radius 1 is 1.35 bits per heavy atom. The molecule has 2 unspecified atom stereocenters. The number of aryl methyl sites for hydroxylation is 1. The average molecular weight is 276 g/mol. The molecule has 2 atom stereocenters. The summed E-state index contributed by atoms with van der Waals surface area (Å²) in [7, 11) is 0. The van der Waals surface area contributed by atoms with Crippen LogP contribution in [-0.4, -0.2) is 36.2 Å². The van der Waals surface area contributed by atoms with Crippen molar-refractivity contribution in [3.05, 3.63) is 35.4 Å². The molecule has 0 bridgehead atoms. The summed E-state index contributed by atoms with van der Waals surface area (Å²) in [5.41, 5.74) is 8.64. The Balaban J connectivity index is 2.18. The summed E-state index contributed by atoms with van der Waals surface area (Å²) in [6.07, 6.45) is 1.33. The van der Waals surface area contributed by atoms with E-state index in [-0.39, 0.29) is 17.7 Å². The number of morpholine rings is 1. The van der Waals surface area contributed by atoms with E-state index in [1.165, 1.54) is 11.1 Å². The van der Waals surface area contributed by atoms with Gasteiger partial charge in [0.25, 0.3) is 0 Å². The largest absolute Gasteiger partial charge is 0.370 e. The van der Waals surface area contributed by atoms with Crippen molar-refractivity contribution in [3.8, 4) is 0 Å². The molecule has 0 spiro atoms. The maximum atomic E-state index is 6.06. The molecule has 112 valence electrons. The molecule has 1 fully saturated rings. The van der Waals surface area contributed by atoms with E-state index in [1.807, 2.05) is 0 Å². The van der Waals surface area contributed by atoms with E-state index < -0.39 is 0 Å². The number of hydrogen-bond donors (Lipinski definition) is 1. The standard InChI is InChI=1S/C17H28N2O/c1-5-14-6-8-15(9-7-14)16(10-18)19-11-13(2)20-17(3,4)12-19/h6-9,13,16H,5,10-12,18H2,1-4H3. The summed E-state index contributed by atoms with van der Waals surface area (Å²) in [6, 6.07) is 9.17. The molecule has 1 aromatic rings. The van der Waals surface area contributed by atoms with E-state index in [0.29, 0.717) is 6.54 Å². The van der Waals surface area contributed by atoms with Crippen molar-refractivity contribution in [2.24, 2.45) is 5.73 Å². The number of hydrogen-bond acceptors (Lipinski definition) is 3. The lowest BCUT2D eigenvalue weighted by Crippen LogP contribution is -2.53. The van der Waals surface area contributed by atoms with Crippen LogP contribution in [0.2, 0.25) is 0 Å². The molecule has 0 aromatic heterocycles. The monoisotopic (exact) mass is 276 g/mol. The maximum absolute atomic E-state index is 6.06. The van der Waals surface area contributed by atoms with Crippen molar-refractivity contribution < 1.29 is 4.74 Å². The fraction of sp³-hybridized carbons (Fsp3) is 0.647. The average Bonchev–Trinajstić information content (AvgIpc) is 2.38. The normalized spacial score (nSPS) is 24.6. The Hall–Kier alpha value is -0.900. The van der Waals surface area contributed by atoms with Gasteiger partial charge in [0.05, 0.1) is 11.7 Å². The molecule has 2 rings (SSSR count). The predicted molar refractivity (Wildman–Crippen MR) is 83.8 cm³/mol. The van der Waals surface area contributed by atoms with Crippen LogP contribution in [0.5, 0.6) is 0 Å². The van der Waals surface area contributed by atoms with Gasteiger partial charge < -0.3 is 10.5 Å². The first-order valence-corrected chi connectivity index (χ1v) is 7.66. The molecule has 0 amide bonds. The van der Waals surface area contributed by atoms with Gasteiger partial charge in [-0.3, -0.25) is 4.90 Å². The van der Waals surface area contributed by atoms with Crippen LogP contribution < -0.4 is 5.73 Å². The highest BCUT2D eigenvalue weighted by Crippen LogP contribution is 2.28. The SMILES string of the molecule is CCc1ccc(C(CN)N2CC(C)OC(C)(C)C2)cc1. The van der Waals surface area contributed by atoms with Crippen molar-refractivity contribution in [1.29, 1.82) is 0 Å². The van der Waals surface area contributed by atoms with Crippen LogP contribution >= 0.6 is 0 Å². The number of nitrogens with zero attached hydrogens (tertiary/aromatic N) is 1. The van der Waals surface area contributed by atoms with E-state index in [4.69, 9.17) is 10.5 Å². The molecule has 2 N–H and O–H groups in total. The van der Waals surface area contributed by atoms with Gasteiger partial charge in [0.1, 0.15) is 0 Å². The van der Waals surface area contributed by atoms with Gasteiger partial charge in [0.15, 0.2) is 0 Å². The number of benzene rings is 1. The molecule has 1 aromatic carbocycles. The van der Waals surface area contributed by atoms with E-state index in [1.54, 1.807) is 0 Å². The molecule has 1 saturated heterocycles. The van der Waals surface area contributed by atoms with Gasteiger partial charge >= 0.3 is 0 Å². The molecular formula is C17H28N2O. The summed E-state index contributed by atoms with van der Waals surface area (Å²) >= 11 is 0. The van der Waals surface area contributed by atoms with Crippen LogP contribution in [0.4, 0.5) is 0 Å². The minimum atomic E-state index is -0.103. The van der Waals surface area contributed by atoms with Crippen LogP contribution in [0, 0.1) is 0 Å². The Morgan fingerprint density at radius 2 is 2.00 bits per heavy atom. The maximum Gasteiger partial charge on any atom is 0.0757 e. The highest BCUT2D eigenvalue weighted by molar-refractivity contribution is 5.25. The van der Waals surface area contributed by atoms with Gasteiger partial charge in [-0.05, 0) is 38.3 Å². The van der Waals surface area contributed by atoms with E-state index >= 15 is 0 Å². The topological polar surface area (TPSA) is 38.5 Å². The minimum absolute atomic E-state index is 0.103. The first-order chi connectivity index (χ1) is 9.45. The number of rotatable bonds is 4. The fourth-order valence-corrected chi connectivity index (χ4v) is 3.21. The second-order valence-electron chi connectivity index (χ2n) is 6.46. The molecule has 1 heterocycles. The Morgan fingerprint density at radius 3 is 2.50 bits per heavy atom. The van der Waals surface area contributed by atoms with Gasteiger partial charge in [0.2, 0.25) is 0 Å². The lowest BCUT2D eigenvalue weighted by Gasteiger charge is -2.45. The lowest BCUT2D eigenvalue weighted by atomic mass is 9.98. The Bertz CT molecular complexity index is 427. The first kappa shape index (κ1) is 15.5. The molecule has 3 nitrogen and oxygen atoms in total. The molecule has 0 radical (unpaired) electrons. The summed E-state index contributed by atoms with van der Waals surface area (Å²) < 4.78 is 5.99.